The first-order valence-corrected chi connectivity index (χ1v) is 14.4. The van der Waals surface area contributed by atoms with E-state index in [1.165, 1.54) is 0 Å². The van der Waals surface area contributed by atoms with Gasteiger partial charge >= 0.3 is 0 Å². The normalized spacial score (nSPS) is 19.1. The van der Waals surface area contributed by atoms with Crippen LogP contribution in [0.2, 0.25) is 0 Å². The topological polar surface area (TPSA) is 113 Å². The number of aromatic amines is 1. The van der Waals surface area contributed by atoms with E-state index < -0.39 is 12.2 Å². The molecular weight excluding hydrogens is 544 g/mol. The standard InChI is InChI=1S/C33H34N6O4/c1-2-18-37-22-31(42)38-28(19-23-9-12-27(40)13-10-23)33(43)36(20-25-7-5-6-24-15-17-35-32(24)25)21-29(38)39(37)30(41)14-11-26-8-3-4-16-34-26/h2-10,12-13,15-17,28-29,35,40H,1,11,14,18-22H2/t28-,29-/m0/s1. The van der Waals surface area contributed by atoms with Gasteiger partial charge in [0.05, 0.1) is 18.6 Å². The van der Waals surface area contributed by atoms with Gasteiger partial charge in [-0.25, -0.2) is 10.0 Å². The van der Waals surface area contributed by atoms with E-state index >= 15 is 0 Å². The van der Waals surface area contributed by atoms with E-state index in [2.05, 4.69) is 16.5 Å². The molecule has 2 aromatic heterocycles. The molecule has 220 valence electrons. The van der Waals surface area contributed by atoms with Crippen molar-refractivity contribution in [1.82, 2.24) is 29.8 Å². The Morgan fingerprint density at radius 3 is 2.67 bits per heavy atom. The number of hydrogen-bond donors (Lipinski definition) is 2. The number of phenolic OH excluding ortho intramolecular Hbond substituents is 1. The monoisotopic (exact) mass is 578 g/mol. The van der Waals surface area contributed by atoms with Crippen molar-refractivity contribution in [3.8, 4) is 5.75 Å². The molecule has 10 nitrogen and oxygen atoms in total. The molecular formula is C33H34N6O4. The number of pyridine rings is 1. The summed E-state index contributed by atoms with van der Waals surface area (Å²) in [4.78, 5) is 52.9. The van der Waals surface area contributed by atoms with Crippen molar-refractivity contribution >= 4 is 28.6 Å². The van der Waals surface area contributed by atoms with Crippen molar-refractivity contribution in [2.75, 3.05) is 19.6 Å². The minimum atomic E-state index is -0.824. The Morgan fingerprint density at radius 2 is 1.91 bits per heavy atom. The van der Waals surface area contributed by atoms with Crippen LogP contribution in [0.3, 0.4) is 0 Å². The lowest BCUT2D eigenvalue weighted by atomic mass is 9.98. The van der Waals surface area contributed by atoms with Crippen molar-refractivity contribution in [1.29, 1.82) is 0 Å². The van der Waals surface area contributed by atoms with E-state index in [-0.39, 0.29) is 49.4 Å². The first-order chi connectivity index (χ1) is 20.9. The first kappa shape index (κ1) is 28.2. The zero-order chi connectivity index (χ0) is 29.9. The Kier molecular flexibility index (Phi) is 7.93. The number of hydrogen-bond acceptors (Lipinski definition) is 6. The number of carbonyl (C=O) groups is 3. The van der Waals surface area contributed by atoms with Gasteiger partial charge in [0.2, 0.25) is 17.7 Å². The number of benzene rings is 2. The average Bonchev–Trinajstić information content (AvgIpc) is 3.50. The SMILES string of the molecule is C=CCN1CC(=O)N2[C@@H](Cc3ccc(O)cc3)C(=O)N(Cc3cccc4cc[nH]c34)C[C@@H]2N1C(=O)CCc1ccccn1. The molecule has 4 heterocycles. The Morgan fingerprint density at radius 1 is 1.07 bits per heavy atom. The summed E-state index contributed by atoms with van der Waals surface area (Å²) >= 11 is 0. The molecule has 2 fully saturated rings. The van der Waals surface area contributed by atoms with Gasteiger partial charge in [-0.3, -0.25) is 19.4 Å². The number of aromatic hydroxyl groups is 1. The summed E-state index contributed by atoms with van der Waals surface area (Å²) in [5.41, 5.74) is 3.51. The van der Waals surface area contributed by atoms with Crippen LogP contribution in [-0.4, -0.2) is 84.5 Å². The number of nitrogens with zero attached hydrogens (tertiary/aromatic N) is 5. The summed E-state index contributed by atoms with van der Waals surface area (Å²) in [6.07, 6.45) is 5.45. The summed E-state index contributed by atoms with van der Waals surface area (Å²) < 4.78 is 0. The largest absolute Gasteiger partial charge is 0.508 e. The van der Waals surface area contributed by atoms with E-state index in [0.717, 1.165) is 27.7 Å². The lowest BCUT2D eigenvalue weighted by molar-refractivity contribution is -0.205. The molecule has 0 radical (unpaired) electrons. The van der Waals surface area contributed by atoms with Crippen molar-refractivity contribution in [3.63, 3.8) is 0 Å². The highest BCUT2D eigenvalue weighted by atomic mass is 16.3. The second-order valence-electron chi connectivity index (χ2n) is 10.9. The number of phenols is 1. The minimum Gasteiger partial charge on any atom is -0.508 e. The fourth-order valence-corrected chi connectivity index (χ4v) is 6.14. The number of nitrogens with one attached hydrogen (secondary N) is 1. The van der Waals surface area contributed by atoms with E-state index in [4.69, 9.17) is 0 Å². The zero-order valence-electron chi connectivity index (χ0n) is 23.8. The van der Waals surface area contributed by atoms with Gasteiger partial charge in [0.25, 0.3) is 0 Å². The average molecular weight is 579 g/mol. The van der Waals surface area contributed by atoms with Gasteiger partial charge in [-0.15, -0.1) is 6.58 Å². The van der Waals surface area contributed by atoms with E-state index in [1.54, 1.807) is 56.4 Å². The molecule has 2 atom stereocenters. The lowest BCUT2D eigenvalue weighted by Gasteiger charge is -2.55. The van der Waals surface area contributed by atoms with Gasteiger partial charge in [-0.05, 0) is 53.3 Å². The number of amides is 3. The Balaban J connectivity index is 1.36. The van der Waals surface area contributed by atoms with Crippen LogP contribution in [-0.2, 0) is 33.8 Å². The number of rotatable bonds is 9. The molecule has 10 heteroatoms. The smallest absolute Gasteiger partial charge is 0.246 e. The molecule has 2 N–H and O–H groups in total. The van der Waals surface area contributed by atoms with E-state index in [0.29, 0.717) is 19.5 Å². The lowest BCUT2D eigenvalue weighted by Crippen LogP contribution is -2.75. The van der Waals surface area contributed by atoms with Crippen LogP contribution in [0.15, 0.2) is 91.8 Å². The first-order valence-electron chi connectivity index (χ1n) is 14.4. The van der Waals surface area contributed by atoms with Gasteiger partial charge in [0.1, 0.15) is 18.0 Å². The van der Waals surface area contributed by atoms with Crippen LogP contribution in [0.25, 0.3) is 10.9 Å². The van der Waals surface area contributed by atoms with Gasteiger partial charge in [0.15, 0.2) is 0 Å². The number of fused-ring (bicyclic) bond motifs is 2. The van der Waals surface area contributed by atoms with Gasteiger partial charge in [0, 0.05) is 44.0 Å². The number of aryl methyl sites for hydroxylation is 1. The summed E-state index contributed by atoms with van der Waals surface area (Å²) in [7, 11) is 0. The molecule has 0 unspecified atom stereocenters. The molecule has 2 saturated heterocycles. The maximum absolute atomic E-state index is 14.2. The Labute approximate surface area is 249 Å². The van der Waals surface area contributed by atoms with Crippen molar-refractivity contribution in [2.45, 2.75) is 38.0 Å². The predicted octanol–water partition coefficient (Wildman–Crippen LogP) is 3.25. The molecule has 3 amide bonds. The number of hydrazine groups is 1. The highest BCUT2D eigenvalue weighted by Gasteiger charge is 2.51. The second kappa shape index (κ2) is 12.1. The van der Waals surface area contributed by atoms with Crippen LogP contribution in [0.5, 0.6) is 5.75 Å². The molecule has 0 aliphatic carbocycles. The molecule has 43 heavy (non-hydrogen) atoms. The third-order valence-corrected chi connectivity index (χ3v) is 8.15. The molecule has 2 aliphatic heterocycles. The summed E-state index contributed by atoms with van der Waals surface area (Å²) in [5.74, 6) is -0.432. The van der Waals surface area contributed by atoms with Crippen LogP contribution >= 0.6 is 0 Å². The summed E-state index contributed by atoms with van der Waals surface area (Å²) in [6.45, 7) is 4.60. The van der Waals surface area contributed by atoms with Crippen LogP contribution in [0.1, 0.15) is 23.2 Å². The number of para-hydroxylation sites is 1. The molecule has 0 bridgehead atoms. The summed E-state index contributed by atoms with van der Waals surface area (Å²) in [6, 6.07) is 19.4. The minimum absolute atomic E-state index is 0.0427. The number of piperazine rings is 1. The molecule has 0 saturated carbocycles. The fourth-order valence-electron chi connectivity index (χ4n) is 6.14. The summed E-state index contributed by atoms with van der Waals surface area (Å²) in [5, 5.41) is 14.3. The predicted molar refractivity (Wildman–Crippen MR) is 161 cm³/mol. The van der Waals surface area contributed by atoms with Crippen LogP contribution in [0, 0.1) is 0 Å². The van der Waals surface area contributed by atoms with Crippen molar-refractivity contribution in [3.05, 3.63) is 109 Å². The van der Waals surface area contributed by atoms with Gasteiger partial charge in [-0.1, -0.05) is 42.5 Å². The van der Waals surface area contributed by atoms with E-state index in [9.17, 15) is 19.5 Å². The third-order valence-electron chi connectivity index (χ3n) is 8.15. The number of H-pyrrole nitrogens is 1. The molecule has 4 aromatic rings. The Hall–Kier alpha value is -4.96. The maximum atomic E-state index is 14.2. The zero-order valence-corrected chi connectivity index (χ0v) is 23.8. The van der Waals surface area contributed by atoms with E-state index in [1.807, 2.05) is 48.7 Å². The number of carbonyl (C=O) groups excluding carboxylic acids is 3. The quantitative estimate of drug-likeness (QED) is 0.295. The van der Waals surface area contributed by atoms with Crippen LogP contribution < -0.4 is 0 Å². The fraction of sp³-hybridized carbons (Fsp3) is 0.273. The van der Waals surface area contributed by atoms with Crippen molar-refractivity contribution < 1.29 is 19.5 Å². The van der Waals surface area contributed by atoms with Gasteiger partial charge < -0.3 is 19.9 Å². The third kappa shape index (κ3) is 5.74. The molecule has 2 aliphatic rings. The molecule has 6 rings (SSSR count). The van der Waals surface area contributed by atoms with Gasteiger partial charge in [-0.2, -0.15) is 0 Å². The molecule has 0 spiro atoms. The highest BCUT2D eigenvalue weighted by Crippen LogP contribution is 2.31. The maximum Gasteiger partial charge on any atom is 0.246 e. The molecule has 2 aromatic carbocycles. The Bertz CT molecular complexity index is 1640. The van der Waals surface area contributed by atoms with Crippen molar-refractivity contribution in [2.24, 2.45) is 0 Å². The number of aromatic nitrogens is 2. The second-order valence-corrected chi connectivity index (χ2v) is 10.9. The van der Waals surface area contributed by atoms with Crippen LogP contribution in [0.4, 0.5) is 0 Å². The highest BCUT2D eigenvalue weighted by molar-refractivity contribution is 5.92.